The van der Waals surface area contributed by atoms with E-state index in [0.29, 0.717) is 5.65 Å². The summed E-state index contributed by atoms with van der Waals surface area (Å²) in [6.07, 6.45) is 1.86. The highest BCUT2D eigenvalue weighted by Gasteiger charge is 2.15. The summed E-state index contributed by atoms with van der Waals surface area (Å²) in [4.78, 5) is 6.57. The van der Waals surface area contributed by atoms with Crippen molar-refractivity contribution in [3.63, 3.8) is 0 Å². The van der Waals surface area contributed by atoms with Crippen LogP contribution in [0.4, 0.5) is 5.82 Å². The van der Waals surface area contributed by atoms with Gasteiger partial charge in [0.2, 0.25) is 0 Å². The van der Waals surface area contributed by atoms with Crippen LogP contribution >= 0.6 is 0 Å². The molecule has 8 heteroatoms. The minimum Gasteiger partial charge on any atom is -0.351 e. The van der Waals surface area contributed by atoms with Crippen LogP contribution in [0.15, 0.2) is 67.0 Å². The zero-order valence-electron chi connectivity index (χ0n) is 15.5. The van der Waals surface area contributed by atoms with Crippen molar-refractivity contribution in [2.75, 3.05) is 11.9 Å². The molecule has 2 aromatic carbocycles. The van der Waals surface area contributed by atoms with Gasteiger partial charge in [-0.3, -0.25) is 4.57 Å². The number of benzene rings is 2. The second-order valence-electron chi connectivity index (χ2n) is 6.70. The predicted octanol–water partition coefficient (Wildman–Crippen LogP) is 3.06. The van der Waals surface area contributed by atoms with Crippen molar-refractivity contribution in [1.82, 2.24) is 34.8 Å². The first-order valence-corrected chi connectivity index (χ1v) is 9.01. The Kier molecular flexibility index (Phi) is 3.75. The van der Waals surface area contributed by atoms with Crippen molar-refractivity contribution < 1.29 is 0 Å². The summed E-state index contributed by atoms with van der Waals surface area (Å²) >= 11 is 0. The van der Waals surface area contributed by atoms with Crippen LogP contribution in [0.5, 0.6) is 0 Å². The van der Waals surface area contributed by atoms with E-state index in [4.69, 9.17) is 0 Å². The molecule has 3 heterocycles. The van der Waals surface area contributed by atoms with E-state index >= 15 is 0 Å². The van der Waals surface area contributed by atoms with Crippen LogP contribution in [0, 0.1) is 0 Å². The van der Waals surface area contributed by atoms with E-state index in [-0.39, 0.29) is 6.04 Å². The SMILES string of the molecule is CC(c1ccc(-n2cnc3ccccc32)cc1)N(C)c1ccc2nnnn2n1. The zero-order chi connectivity index (χ0) is 19.1. The van der Waals surface area contributed by atoms with Gasteiger partial charge >= 0.3 is 0 Å². The second-order valence-corrected chi connectivity index (χ2v) is 6.70. The summed E-state index contributed by atoms with van der Waals surface area (Å²) in [6.45, 7) is 2.15. The molecule has 0 amide bonds. The number of hydrogen-bond acceptors (Lipinski definition) is 6. The molecule has 3 aromatic heterocycles. The molecule has 5 aromatic rings. The monoisotopic (exact) mass is 370 g/mol. The van der Waals surface area contributed by atoms with Crippen molar-refractivity contribution in [2.45, 2.75) is 13.0 Å². The van der Waals surface area contributed by atoms with Gasteiger partial charge in [-0.15, -0.1) is 14.8 Å². The van der Waals surface area contributed by atoms with Crippen LogP contribution in [0.2, 0.25) is 0 Å². The van der Waals surface area contributed by atoms with Crippen molar-refractivity contribution in [3.8, 4) is 5.69 Å². The van der Waals surface area contributed by atoms with Crippen LogP contribution in [0.3, 0.4) is 0 Å². The Morgan fingerprint density at radius 2 is 1.79 bits per heavy atom. The summed E-state index contributed by atoms with van der Waals surface area (Å²) in [5, 5.41) is 15.9. The lowest BCUT2D eigenvalue weighted by molar-refractivity contribution is 0.683. The fourth-order valence-electron chi connectivity index (χ4n) is 3.33. The molecule has 0 radical (unpaired) electrons. The van der Waals surface area contributed by atoms with Gasteiger partial charge in [0.1, 0.15) is 6.33 Å². The number of aromatic nitrogens is 7. The Hall–Kier alpha value is -3.81. The molecule has 0 bridgehead atoms. The molecule has 1 unspecified atom stereocenters. The minimum absolute atomic E-state index is 0.134. The topological polar surface area (TPSA) is 77.0 Å². The fraction of sp³-hybridized carbons (Fsp3) is 0.150. The lowest BCUT2D eigenvalue weighted by atomic mass is 10.1. The molecule has 0 aliphatic heterocycles. The normalized spacial score (nSPS) is 12.5. The van der Waals surface area contributed by atoms with E-state index in [1.807, 2.05) is 43.7 Å². The van der Waals surface area contributed by atoms with E-state index in [1.165, 1.54) is 10.2 Å². The lowest BCUT2D eigenvalue weighted by Gasteiger charge is -2.26. The third-order valence-electron chi connectivity index (χ3n) is 5.11. The number of rotatable bonds is 4. The van der Waals surface area contributed by atoms with Gasteiger partial charge in [-0.2, -0.15) is 0 Å². The fourth-order valence-corrected chi connectivity index (χ4v) is 3.33. The number of tetrazole rings is 1. The first-order valence-electron chi connectivity index (χ1n) is 9.01. The highest BCUT2D eigenvalue weighted by Crippen LogP contribution is 2.25. The van der Waals surface area contributed by atoms with E-state index in [2.05, 4.69) is 72.3 Å². The van der Waals surface area contributed by atoms with E-state index in [9.17, 15) is 0 Å². The summed E-state index contributed by atoms with van der Waals surface area (Å²) in [5.74, 6) is 0.803. The molecule has 138 valence electrons. The van der Waals surface area contributed by atoms with Gasteiger partial charge in [-0.1, -0.05) is 24.3 Å². The molecular formula is C20H18N8. The van der Waals surface area contributed by atoms with Crippen molar-refractivity contribution >= 4 is 22.5 Å². The number of anilines is 1. The van der Waals surface area contributed by atoms with Crippen LogP contribution in [-0.2, 0) is 0 Å². The molecule has 0 saturated carbocycles. The molecule has 28 heavy (non-hydrogen) atoms. The Labute approximate surface area is 161 Å². The average Bonchev–Trinajstić information content (AvgIpc) is 3.39. The number of fused-ring (bicyclic) bond motifs is 2. The molecule has 0 aliphatic carbocycles. The van der Waals surface area contributed by atoms with Gasteiger partial charge < -0.3 is 4.90 Å². The van der Waals surface area contributed by atoms with Crippen LogP contribution in [0.25, 0.3) is 22.4 Å². The summed E-state index contributed by atoms with van der Waals surface area (Å²) in [5.41, 5.74) is 4.99. The van der Waals surface area contributed by atoms with Crippen LogP contribution in [0.1, 0.15) is 18.5 Å². The number of nitrogens with zero attached hydrogens (tertiary/aromatic N) is 8. The van der Waals surface area contributed by atoms with E-state index in [1.54, 1.807) is 0 Å². The van der Waals surface area contributed by atoms with Gasteiger partial charge in [-0.25, -0.2) is 4.98 Å². The van der Waals surface area contributed by atoms with Crippen molar-refractivity contribution in [2.24, 2.45) is 0 Å². The third kappa shape index (κ3) is 2.66. The van der Waals surface area contributed by atoms with E-state index in [0.717, 1.165) is 22.5 Å². The van der Waals surface area contributed by atoms with Crippen molar-refractivity contribution in [3.05, 3.63) is 72.6 Å². The quantitative estimate of drug-likeness (QED) is 0.484. The zero-order valence-corrected chi connectivity index (χ0v) is 15.5. The Balaban J connectivity index is 1.43. The number of hydrogen-bond donors (Lipinski definition) is 0. The van der Waals surface area contributed by atoms with Gasteiger partial charge in [0.15, 0.2) is 11.5 Å². The number of para-hydroxylation sites is 2. The maximum atomic E-state index is 4.47. The molecule has 8 nitrogen and oxygen atoms in total. The van der Waals surface area contributed by atoms with Gasteiger partial charge in [0.25, 0.3) is 0 Å². The molecule has 0 spiro atoms. The summed E-state index contributed by atoms with van der Waals surface area (Å²) < 4.78 is 3.53. The van der Waals surface area contributed by atoms with Gasteiger partial charge in [-0.05, 0) is 59.3 Å². The first kappa shape index (κ1) is 16.4. The van der Waals surface area contributed by atoms with E-state index < -0.39 is 0 Å². The predicted molar refractivity (Wildman–Crippen MR) is 106 cm³/mol. The summed E-state index contributed by atoms with van der Waals surface area (Å²) in [7, 11) is 2.01. The average molecular weight is 370 g/mol. The Bertz CT molecular complexity index is 1250. The smallest absolute Gasteiger partial charge is 0.200 e. The summed E-state index contributed by atoms with van der Waals surface area (Å²) in [6, 6.07) is 20.6. The lowest BCUT2D eigenvalue weighted by Crippen LogP contribution is -2.23. The Morgan fingerprint density at radius 3 is 2.64 bits per heavy atom. The molecule has 1 atom stereocenters. The molecule has 0 N–H and O–H groups in total. The minimum atomic E-state index is 0.134. The van der Waals surface area contributed by atoms with Gasteiger partial charge in [0, 0.05) is 12.7 Å². The molecule has 0 fully saturated rings. The maximum absolute atomic E-state index is 4.47. The molecular weight excluding hydrogens is 352 g/mol. The van der Waals surface area contributed by atoms with Crippen LogP contribution < -0.4 is 4.90 Å². The van der Waals surface area contributed by atoms with Gasteiger partial charge in [0.05, 0.1) is 17.1 Å². The molecule has 5 rings (SSSR count). The van der Waals surface area contributed by atoms with Crippen LogP contribution in [-0.4, -0.2) is 41.9 Å². The highest BCUT2D eigenvalue weighted by atomic mass is 15.6. The first-order chi connectivity index (χ1) is 13.7. The molecule has 0 saturated heterocycles. The molecule has 0 aliphatic rings. The Morgan fingerprint density at radius 1 is 0.964 bits per heavy atom. The standard InChI is InChI=1S/C20H18N8/c1-14(26(2)20-12-11-19-22-24-25-28(19)23-20)15-7-9-16(10-8-15)27-13-21-17-5-3-4-6-18(17)27/h3-14H,1-2H3. The number of imidazole rings is 1. The van der Waals surface area contributed by atoms with Crippen molar-refractivity contribution in [1.29, 1.82) is 0 Å². The third-order valence-corrected chi connectivity index (χ3v) is 5.11. The highest BCUT2D eigenvalue weighted by molar-refractivity contribution is 5.77. The largest absolute Gasteiger partial charge is 0.351 e. The maximum Gasteiger partial charge on any atom is 0.200 e. The second kappa shape index (κ2) is 6.41.